The smallest absolute Gasteiger partial charge is 0.343 e. The van der Waals surface area contributed by atoms with Crippen LogP contribution in [0.4, 0.5) is 0 Å². The SMILES string of the molecule is CCOC(=O)[C@](N)(C1(S)CCN(C)CC1)S(=O)(=O)c1ccccc1. The summed E-state index contributed by atoms with van der Waals surface area (Å²) in [5.41, 5.74) is 6.33. The number of piperidine rings is 1. The maximum Gasteiger partial charge on any atom is 0.343 e. The minimum absolute atomic E-state index is 0.00657. The van der Waals surface area contributed by atoms with E-state index in [0.717, 1.165) is 0 Å². The highest BCUT2D eigenvalue weighted by molar-refractivity contribution is 7.95. The van der Waals surface area contributed by atoms with Crippen LogP contribution in [0.2, 0.25) is 0 Å². The second-order valence-corrected chi connectivity index (χ2v) is 9.09. The van der Waals surface area contributed by atoms with Gasteiger partial charge in [-0.1, -0.05) is 18.2 Å². The molecule has 6 nitrogen and oxygen atoms in total. The van der Waals surface area contributed by atoms with Gasteiger partial charge in [0, 0.05) is 0 Å². The summed E-state index contributed by atoms with van der Waals surface area (Å²) in [6, 6.07) is 7.76. The summed E-state index contributed by atoms with van der Waals surface area (Å²) in [6.07, 6.45) is 0.738. The molecule has 0 radical (unpaired) electrons. The molecule has 1 aromatic rings. The Bertz CT molecular complexity index is 685. The average Bonchev–Trinajstić information content (AvgIpc) is 2.57. The number of nitrogens with two attached hydrogens (primary N) is 1. The number of benzene rings is 1. The van der Waals surface area contributed by atoms with Crippen molar-refractivity contribution in [2.45, 2.75) is 34.3 Å². The van der Waals surface area contributed by atoms with E-state index in [9.17, 15) is 13.2 Å². The Morgan fingerprint density at radius 1 is 1.33 bits per heavy atom. The topological polar surface area (TPSA) is 89.7 Å². The highest BCUT2D eigenvalue weighted by Crippen LogP contribution is 2.43. The maximum absolute atomic E-state index is 13.3. The number of hydrogen-bond donors (Lipinski definition) is 2. The largest absolute Gasteiger partial charge is 0.464 e. The van der Waals surface area contributed by atoms with Gasteiger partial charge in [-0.3, -0.25) is 0 Å². The Morgan fingerprint density at radius 2 is 1.88 bits per heavy atom. The van der Waals surface area contributed by atoms with Crippen LogP contribution in [0.3, 0.4) is 0 Å². The van der Waals surface area contributed by atoms with Gasteiger partial charge in [-0.15, -0.1) is 0 Å². The molecule has 2 rings (SSSR count). The third-order valence-electron chi connectivity index (χ3n) is 4.56. The molecule has 24 heavy (non-hydrogen) atoms. The van der Waals surface area contributed by atoms with Crippen molar-refractivity contribution in [3.63, 3.8) is 0 Å². The summed E-state index contributed by atoms with van der Waals surface area (Å²) in [7, 11) is -2.26. The first-order valence-corrected chi connectivity index (χ1v) is 9.79. The number of nitrogens with zero attached hydrogens (tertiary/aromatic N) is 1. The van der Waals surface area contributed by atoms with Crippen molar-refractivity contribution < 1.29 is 17.9 Å². The van der Waals surface area contributed by atoms with Gasteiger partial charge in [0.05, 0.1) is 16.2 Å². The Labute approximate surface area is 148 Å². The molecule has 0 bridgehead atoms. The van der Waals surface area contributed by atoms with Crippen molar-refractivity contribution in [2.24, 2.45) is 5.73 Å². The lowest BCUT2D eigenvalue weighted by atomic mass is 9.88. The molecule has 0 aromatic heterocycles. The molecule has 0 unspecified atom stereocenters. The first-order chi connectivity index (χ1) is 11.2. The molecule has 8 heteroatoms. The molecule has 0 amide bonds. The van der Waals surface area contributed by atoms with Gasteiger partial charge in [0.15, 0.2) is 0 Å². The molecule has 134 valence electrons. The maximum atomic E-state index is 13.3. The van der Waals surface area contributed by atoms with Crippen molar-refractivity contribution in [1.29, 1.82) is 0 Å². The third kappa shape index (κ3) is 3.08. The van der Waals surface area contributed by atoms with Gasteiger partial charge in [0.1, 0.15) is 0 Å². The van der Waals surface area contributed by atoms with Gasteiger partial charge in [-0.05, 0) is 52.0 Å². The molecule has 0 aliphatic carbocycles. The van der Waals surface area contributed by atoms with E-state index in [0.29, 0.717) is 25.9 Å². The molecule has 1 saturated heterocycles. The number of rotatable bonds is 5. The molecular weight excluding hydrogens is 348 g/mol. The molecular formula is C16H24N2O4S2. The van der Waals surface area contributed by atoms with Crippen LogP contribution < -0.4 is 5.73 Å². The van der Waals surface area contributed by atoms with Crippen molar-refractivity contribution >= 4 is 28.4 Å². The monoisotopic (exact) mass is 372 g/mol. The van der Waals surface area contributed by atoms with E-state index in [1.807, 2.05) is 7.05 Å². The van der Waals surface area contributed by atoms with E-state index in [-0.39, 0.29) is 11.5 Å². The minimum Gasteiger partial charge on any atom is -0.464 e. The number of ether oxygens (including phenoxy) is 1. The van der Waals surface area contributed by atoms with Crippen LogP contribution in [-0.2, 0) is 19.4 Å². The second kappa shape index (κ2) is 7.03. The Balaban J connectivity index is 2.58. The second-order valence-electron chi connectivity index (χ2n) is 6.11. The number of esters is 1. The normalized spacial score (nSPS) is 21.0. The zero-order chi connectivity index (χ0) is 18.0. The molecule has 1 aromatic carbocycles. The van der Waals surface area contributed by atoms with E-state index in [1.165, 1.54) is 12.1 Å². The Morgan fingerprint density at radius 3 is 2.38 bits per heavy atom. The zero-order valence-electron chi connectivity index (χ0n) is 13.9. The van der Waals surface area contributed by atoms with Gasteiger partial charge in [-0.2, -0.15) is 12.6 Å². The van der Waals surface area contributed by atoms with Crippen molar-refractivity contribution in [3.8, 4) is 0 Å². The average molecular weight is 373 g/mol. The lowest BCUT2D eigenvalue weighted by Crippen LogP contribution is -2.70. The van der Waals surface area contributed by atoms with Crippen LogP contribution in [0, 0.1) is 0 Å². The van der Waals surface area contributed by atoms with Crippen LogP contribution in [0.25, 0.3) is 0 Å². The lowest BCUT2D eigenvalue weighted by molar-refractivity contribution is -0.147. The van der Waals surface area contributed by atoms with Gasteiger partial charge in [-0.25, -0.2) is 13.2 Å². The molecule has 1 aliphatic heterocycles. The number of hydrogen-bond acceptors (Lipinski definition) is 7. The standard InChI is InChI=1S/C16H24N2O4S2/c1-3-22-14(19)16(17,15(23)9-11-18(2)12-10-15)24(20,21)13-7-5-4-6-8-13/h4-8,23H,3,9-12,17H2,1-2H3/t16-/m1/s1. The number of carbonyl (C=O) groups excluding carboxylic acids is 1. The van der Waals surface area contributed by atoms with E-state index < -0.39 is 25.4 Å². The van der Waals surface area contributed by atoms with Crippen LogP contribution in [0.15, 0.2) is 35.2 Å². The van der Waals surface area contributed by atoms with Gasteiger partial charge in [0.2, 0.25) is 14.7 Å². The molecule has 0 saturated carbocycles. The molecule has 0 spiro atoms. The molecule has 1 aliphatic rings. The predicted octanol–water partition coefficient (Wildman–Crippen LogP) is 1.07. The van der Waals surface area contributed by atoms with Crippen molar-refractivity contribution in [2.75, 3.05) is 26.7 Å². The number of sulfone groups is 1. The number of likely N-dealkylation sites (tertiary alicyclic amines) is 1. The molecule has 1 atom stereocenters. The summed E-state index contributed by atoms with van der Waals surface area (Å²) in [4.78, 5) is 12.5. The summed E-state index contributed by atoms with van der Waals surface area (Å²) in [6.45, 7) is 2.87. The van der Waals surface area contributed by atoms with E-state index in [4.69, 9.17) is 10.5 Å². The third-order valence-corrected chi connectivity index (χ3v) is 7.81. The zero-order valence-corrected chi connectivity index (χ0v) is 15.6. The number of thiol groups is 1. The van der Waals surface area contributed by atoms with Gasteiger partial charge < -0.3 is 15.4 Å². The van der Waals surface area contributed by atoms with E-state index in [1.54, 1.807) is 25.1 Å². The minimum atomic E-state index is -4.19. The summed E-state index contributed by atoms with van der Waals surface area (Å²) in [5, 5.41) is 0. The Hall–Kier alpha value is -1.09. The van der Waals surface area contributed by atoms with Crippen LogP contribution in [0.1, 0.15) is 19.8 Å². The lowest BCUT2D eigenvalue weighted by Gasteiger charge is -2.46. The van der Waals surface area contributed by atoms with Crippen LogP contribution in [0.5, 0.6) is 0 Å². The van der Waals surface area contributed by atoms with Crippen molar-refractivity contribution in [1.82, 2.24) is 4.90 Å². The highest BCUT2D eigenvalue weighted by Gasteiger charge is 2.62. The summed E-state index contributed by atoms with van der Waals surface area (Å²) >= 11 is 4.62. The fourth-order valence-corrected chi connectivity index (χ4v) is 5.46. The molecule has 2 N–H and O–H groups in total. The van der Waals surface area contributed by atoms with Crippen molar-refractivity contribution in [3.05, 3.63) is 30.3 Å². The van der Waals surface area contributed by atoms with E-state index in [2.05, 4.69) is 17.5 Å². The first-order valence-electron chi connectivity index (χ1n) is 7.86. The van der Waals surface area contributed by atoms with Crippen LogP contribution >= 0.6 is 12.6 Å². The first kappa shape index (κ1) is 19.2. The highest BCUT2D eigenvalue weighted by atomic mass is 32.2. The summed E-state index contributed by atoms with van der Waals surface area (Å²) in [5.74, 6) is -0.951. The van der Waals surface area contributed by atoms with Gasteiger partial charge in [0.25, 0.3) is 0 Å². The fourth-order valence-electron chi connectivity index (χ4n) is 2.93. The van der Waals surface area contributed by atoms with Gasteiger partial charge >= 0.3 is 5.97 Å². The van der Waals surface area contributed by atoms with Crippen LogP contribution in [-0.4, -0.2) is 55.6 Å². The molecule has 1 heterocycles. The summed E-state index contributed by atoms with van der Waals surface area (Å²) < 4.78 is 30.4. The van der Waals surface area contributed by atoms with E-state index >= 15 is 0 Å². The molecule has 1 fully saturated rings. The predicted molar refractivity (Wildman–Crippen MR) is 95.6 cm³/mol. The fraction of sp³-hybridized carbons (Fsp3) is 0.562. The quantitative estimate of drug-likeness (QED) is 0.594. The Kier molecular flexibility index (Phi) is 5.64. The number of carbonyl (C=O) groups is 1.